The van der Waals surface area contributed by atoms with Gasteiger partial charge in [-0.15, -0.1) is 0 Å². The van der Waals surface area contributed by atoms with Crippen molar-refractivity contribution in [2.45, 2.75) is 82.0 Å². The summed E-state index contributed by atoms with van der Waals surface area (Å²) in [5.41, 5.74) is -2.04. The fourth-order valence-corrected chi connectivity index (χ4v) is 5.18. The van der Waals surface area contributed by atoms with Gasteiger partial charge in [-0.25, -0.2) is 0 Å². The first-order valence-electron chi connectivity index (χ1n) is 11.5. The Morgan fingerprint density at radius 1 is 1.15 bits per heavy atom. The Balaban J connectivity index is 1.64. The number of hydrogen-bond donors (Lipinski definition) is 2. The number of carbonyl (C=O) groups is 1. The van der Waals surface area contributed by atoms with Gasteiger partial charge in [0.05, 0.1) is 18.3 Å². The topological polar surface area (TPSA) is 84.2 Å². The number of carbonyl (C=O) groups excluding carboxylic acids is 1. The summed E-state index contributed by atoms with van der Waals surface area (Å²) >= 11 is 0. The predicted octanol–water partition coefficient (Wildman–Crippen LogP) is 4.54. The summed E-state index contributed by atoms with van der Waals surface area (Å²) < 4.78 is 41.3. The quantitative estimate of drug-likeness (QED) is 0.682. The van der Waals surface area contributed by atoms with Gasteiger partial charge in [-0.2, -0.15) is 18.3 Å². The second-order valence-corrected chi connectivity index (χ2v) is 9.26. The molecule has 178 valence electrons. The SMILES string of the molecule is O=C(NC1CCCCC1)c1nn(CC2(c3cccc(C(F)(F)F)c3)CCCC2)cc(O)c1=O. The summed E-state index contributed by atoms with van der Waals surface area (Å²) in [4.78, 5) is 25.2. The van der Waals surface area contributed by atoms with Crippen LogP contribution in [0.15, 0.2) is 35.3 Å². The maximum Gasteiger partial charge on any atom is 0.416 e. The summed E-state index contributed by atoms with van der Waals surface area (Å²) in [6.45, 7) is 0.159. The van der Waals surface area contributed by atoms with Crippen molar-refractivity contribution in [3.8, 4) is 5.75 Å². The molecule has 2 aromatic rings. The molecule has 2 aliphatic rings. The van der Waals surface area contributed by atoms with E-state index in [0.717, 1.165) is 57.2 Å². The predicted molar refractivity (Wildman–Crippen MR) is 116 cm³/mol. The van der Waals surface area contributed by atoms with Gasteiger partial charge in [0.25, 0.3) is 11.3 Å². The molecule has 2 N–H and O–H groups in total. The van der Waals surface area contributed by atoms with Crippen LogP contribution < -0.4 is 10.7 Å². The third-order valence-corrected chi connectivity index (χ3v) is 6.93. The molecule has 0 atom stereocenters. The minimum absolute atomic E-state index is 0.0328. The molecule has 2 fully saturated rings. The Kier molecular flexibility index (Phi) is 6.50. The van der Waals surface area contributed by atoms with E-state index in [-0.39, 0.29) is 12.6 Å². The Hall–Kier alpha value is -2.84. The van der Waals surface area contributed by atoms with Gasteiger partial charge in [-0.1, -0.05) is 50.3 Å². The van der Waals surface area contributed by atoms with Crippen LogP contribution in [0.5, 0.6) is 5.75 Å². The van der Waals surface area contributed by atoms with E-state index in [4.69, 9.17) is 0 Å². The standard InChI is InChI=1S/C24H28F3N3O3/c25-24(26,27)17-8-6-7-16(13-17)23(11-4-5-12-23)15-30-14-19(31)21(32)20(29-30)22(33)28-18-9-2-1-3-10-18/h6-8,13-14,18,31H,1-5,9-12,15H2,(H,28,33). The van der Waals surface area contributed by atoms with Crippen LogP contribution in [-0.4, -0.2) is 26.8 Å². The fraction of sp³-hybridized carbons (Fsp3) is 0.542. The number of aromatic hydroxyl groups is 1. The molecule has 0 unspecified atom stereocenters. The summed E-state index contributed by atoms with van der Waals surface area (Å²) in [7, 11) is 0. The van der Waals surface area contributed by atoms with E-state index in [2.05, 4.69) is 10.4 Å². The number of amides is 1. The van der Waals surface area contributed by atoms with E-state index >= 15 is 0 Å². The third kappa shape index (κ3) is 5.07. The van der Waals surface area contributed by atoms with Gasteiger partial charge in [0.2, 0.25) is 0 Å². The van der Waals surface area contributed by atoms with Crippen molar-refractivity contribution in [3.05, 3.63) is 57.5 Å². The Morgan fingerprint density at radius 3 is 2.52 bits per heavy atom. The first-order chi connectivity index (χ1) is 15.7. The molecule has 4 rings (SSSR count). The van der Waals surface area contributed by atoms with Gasteiger partial charge in [0.1, 0.15) is 0 Å². The molecule has 33 heavy (non-hydrogen) atoms. The van der Waals surface area contributed by atoms with Crippen LogP contribution in [0.25, 0.3) is 0 Å². The minimum Gasteiger partial charge on any atom is -0.503 e. The van der Waals surface area contributed by atoms with Crippen LogP contribution in [0.2, 0.25) is 0 Å². The molecule has 0 radical (unpaired) electrons. The number of benzene rings is 1. The van der Waals surface area contributed by atoms with Crippen molar-refractivity contribution in [1.82, 2.24) is 15.1 Å². The number of nitrogens with one attached hydrogen (secondary N) is 1. The molecule has 0 bridgehead atoms. The van der Waals surface area contributed by atoms with E-state index in [1.54, 1.807) is 6.07 Å². The average Bonchev–Trinajstić information content (AvgIpc) is 3.26. The Morgan fingerprint density at radius 2 is 1.85 bits per heavy atom. The molecule has 9 heteroatoms. The highest BCUT2D eigenvalue weighted by molar-refractivity contribution is 5.92. The number of nitrogens with zero attached hydrogens (tertiary/aromatic N) is 2. The zero-order chi connectivity index (χ0) is 23.6. The third-order valence-electron chi connectivity index (χ3n) is 6.93. The molecule has 2 saturated carbocycles. The van der Waals surface area contributed by atoms with Crippen LogP contribution in [0.1, 0.15) is 79.4 Å². The van der Waals surface area contributed by atoms with E-state index in [0.29, 0.717) is 18.4 Å². The normalized spacial score (nSPS) is 18.9. The zero-order valence-corrected chi connectivity index (χ0v) is 18.3. The van der Waals surface area contributed by atoms with E-state index < -0.39 is 39.9 Å². The first-order valence-corrected chi connectivity index (χ1v) is 11.5. The van der Waals surface area contributed by atoms with Gasteiger partial charge in [-0.3, -0.25) is 14.3 Å². The van der Waals surface area contributed by atoms with Crippen LogP contribution in [-0.2, 0) is 18.1 Å². The maximum atomic E-state index is 13.3. The van der Waals surface area contributed by atoms with E-state index in [1.807, 2.05) is 0 Å². The highest BCUT2D eigenvalue weighted by atomic mass is 19.4. The Labute approximate surface area is 189 Å². The molecular formula is C24H28F3N3O3. The molecule has 0 aliphatic heterocycles. The summed E-state index contributed by atoms with van der Waals surface area (Å²) in [6.07, 6.45) is 4.47. The van der Waals surface area contributed by atoms with Crippen molar-refractivity contribution in [2.24, 2.45) is 0 Å². The molecular weight excluding hydrogens is 435 g/mol. The summed E-state index contributed by atoms with van der Waals surface area (Å²) in [5, 5.41) is 17.3. The van der Waals surface area contributed by atoms with Crippen molar-refractivity contribution in [1.29, 1.82) is 0 Å². The van der Waals surface area contributed by atoms with Gasteiger partial charge in [0, 0.05) is 11.5 Å². The molecule has 1 aromatic heterocycles. The minimum atomic E-state index is -4.45. The number of rotatable bonds is 5. The smallest absolute Gasteiger partial charge is 0.416 e. The van der Waals surface area contributed by atoms with Crippen molar-refractivity contribution < 1.29 is 23.1 Å². The van der Waals surface area contributed by atoms with E-state index in [1.165, 1.54) is 16.8 Å². The van der Waals surface area contributed by atoms with Crippen molar-refractivity contribution in [2.75, 3.05) is 0 Å². The lowest BCUT2D eigenvalue weighted by Crippen LogP contribution is -2.40. The fourth-order valence-electron chi connectivity index (χ4n) is 5.18. The van der Waals surface area contributed by atoms with Gasteiger partial charge in [-0.05, 0) is 37.3 Å². The van der Waals surface area contributed by atoms with Crippen LogP contribution >= 0.6 is 0 Å². The molecule has 1 amide bonds. The number of halogens is 3. The molecule has 0 spiro atoms. The lowest BCUT2D eigenvalue weighted by Gasteiger charge is -2.31. The number of hydrogen-bond acceptors (Lipinski definition) is 4. The Bertz CT molecular complexity index is 1070. The lowest BCUT2D eigenvalue weighted by atomic mass is 9.78. The van der Waals surface area contributed by atoms with E-state index in [9.17, 15) is 27.9 Å². The average molecular weight is 464 g/mol. The number of aromatic nitrogens is 2. The van der Waals surface area contributed by atoms with Crippen molar-refractivity contribution in [3.63, 3.8) is 0 Å². The highest BCUT2D eigenvalue weighted by Crippen LogP contribution is 2.44. The van der Waals surface area contributed by atoms with Gasteiger partial charge < -0.3 is 10.4 Å². The van der Waals surface area contributed by atoms with Crippen molar-refractivity contribution >= 4 is 5.91 Å². The maximum absolute atomic E-state index is 13.3. The van der Waals surface area contributed by atoms with Gasteiger partial charge >= 0.3 is 6.18 Å². The molecule has 0 saturated heterocycles. The molecule has 1 heterocycles. The first kappa shape index (κ1) is 23.3. The monoisotopic (exact) mass is 463 g/mol. The summed E-state index contributed by atoms with van der Waals surface area (Å²) in [5.74, 6) is -1.23. The highest BCUT2D eigenvalue weighted by Gasteiger charge is 2.39. The van der Waals surface area contributed by atoms with Gasteiger partial charge in [0.15, 0.2) is 11.4 Å². The second-order valence-electron chi connectivity index (χ2n) is 9.26. The van der Waals surface area contributed by atoms with Crippen LogP contribution in [0.4, 0.5) is 13.2 Å². The largest absolute Gasteiger partial charge is 0.503 e. The van der Waals surface area contributed by atoms with Crippen LogP contribution in [0, 0.1) is 0 Å². The lowest BCUT2D eigenvalue weighted by molar-refractivity contribution is -0.137. The molecule has 2 aliphatic carbocycles. The molecule has 1 aromatic carbocycles. The number of alkyl halides is 3. The second kappa shape index (κ2) is 9.19. The summed E-state index contributed by atoms with van der Waals surface area (Å²) in [6, 6.07) is 5.26. The van der Waals surface area contributed by atoms with Crippen LogP contribution in [0.3, 0.4) is 0 Å². The zero-order valence-electron chi connectivity index (χ0n) is 18.3. The molecule has 6 nitrogen and oxygen atoms in total.